The van der Waals surface area contributed by atoms with Crippen LogP contribution in [0.2, 0.25) is 0 Å². The van der Waals surface area contributed by atoms with Crippen molar-refractivity contribution in [3.63, 3.8) is 0 Å². The number of aryl methyl sites for hydroxylation is 1. The number of benzene rings is 1. The van der Waals surface area contributed by atoms with Gasteiger partial charge in [0.25, 0.3) is 0 Å². The summed E-state index contributed by atoms with van der Waals surface area (Å²) in [5.74, 6) is 1.76. The van der Waals surface area contributed by atoms with Crippen LogP contribution < -0.4 is 15.4 Å². The zero-order chi connectivity index (χ0) is 14.7. The Morgan fingerprint density at radius 2 is 2.10 bits per heavy atom. The summed E-state index contributed by atoms with van der Waals surface area (Å²) in [4.78, 5) is 6.43. The van der Waals surface area contributed by atoms with E-state index in [1.807, 2.05) is 32.2 Å². The highest BCUT2D eigenvalue weighted by Gasteiger charge is 2.09. The van der Waals surface area contributed by atoms with Crippen LogP contribution in [-0.4, -0.2) is 19.1 Å². The molecule has 1 heterocycles. The van der Waals surface area contributed by atoms with Crippen molar-refractivity contribution < 1.29 is 4.74 Å². The quantitative estimate of drug-likeness (QED) is 0.930. The molecule has 0 saturated carbocycles. The highest BCUT2D eigenvalue weighted by molar-refractivity contribution is 9.10. The summed E-state index contributed by atoms with van der Waals surface area (Å²) in [5.41, 5.74) is 8.64. The van der Waals surface area contributed by atoms with Crippen molar-refractivity contribution in [2.75, 3.05) is 24.8 Å². The van der Waals surface area contributed by atoms with Crippen LogP contribution in [-0.2, 0) is 6.54 Å². The number of anilines is 2. The van der Waals surface area contributed by atoms with E-state index in [9.17, 15) is 0 Å². The van der Waals surface area contributed by atoms with Crippen molar-refractivity contribution in [2.45, 2.75) is 13.5 Å². The number of hydrogen-bond acceptors (Lipinski definition) is 4. The van der Waals surface area contributed by atoms with Gasteiger partial charge in [0, 0.05) is 23.6 Å². The normalized spacial score (nSPS) is 10.4. The van der Waals surface area contributed by atoms with Crippen LogP contribution in [0.4, 0.5) is 11.5 Å². The predicted octanol–water partition coefficient (Wildman–Crippen LogP) is 3.38. The highest BCUT2D eigenvalue weighted by atomic mass is 79.9. The van der Waals surface area contributed by atoms with Gasteiger partial charge in [-0.2, -0.15) is 0 Å². The lowest BCUT2D eigenvalue weighted by molar-refractivity contribution is 0.409. The molecule has 0 unspecified atom stereocenters. The molecule has 2 rings (SSSR count). The lowest BCUT2D eigenvalue weighted by atomic mass is 10.2. The van der Waals surface area contributed by atoms with Gasteiger partial charge >= 0.3 is 0 Å². The summed E-state index contributed by atoms with van der Waals surface area (Å²) >= 11 is 3.49. The van der Waals surface area contributed by atoms with Gasteiger partial charge in [0.1, 0.15) is 11.6 Å². The van der Waals surface area contributed by atoms with Gasteiger partial charge in [0.2, 0.25) is 0 Å². The summed E-state index contributed by atoms with van der Waals surface area (Å²) in [6.45, 7) is 2.69. The van der Waals surface area contributed by atoms with Crippen molar-refractivity contribution in [3.05, 3.63) is 46.1 Å². The van der Waals surface area contributed by atoms with Gasteiger partial charge in [0.05, 0.1) is 19.0 Å². The van der Waals surface area contributed by atoms with E-state index >= 15 is 0 Å². The fourth-order valence-electron chi connectivity index (χ4n) is 1.97. The maximum Gasteiger partial charge on any atom is 0.128 e. The van der Waals surface area contributed by atoms with Crippen molar-refractivity contribution in [2.24, 2.45) is 0 Å². The Balaban J connectivity index is 2.24. The number of hydrogen-bond donors (Lipinski definition) is 1. The van der Waals surface area contributed by atoms with E-state index in [0.29, 0.717) is 12.2 Å². The van der Waals surface area contributed by atoms with Crippen LogP contribution in [0.25, 0.3) is 0 Å². The van der Waals surface area contributed by atoms with E-state index < -0.39 is 0 Å². The molecule has 106 valence electrons. The maximum absolute atomic E-state index is 5.80. The summed E-state index contributed by atoms with van der Waals surface area (Å²) < 4.78 is 6.42. The van der Waals surface area contributed by atoms with E-state index in [-0.39, 0.29) is 0 Å². The summed E-state index contributed by atoms with van der Waals surface area (Å²) in [5, 5.41) is 0. The van der Waals surface area contributed by atoms with Crippen LogP contribution in [0.1, 0.15) is 11.1 Å². The van der Waals surface area contributed by atoms with E-state index in [4.69, 9.17) is 10.5 Å². The molecule has 2 N–H and O–H groups in total. The Hall–Kier alpha value is -1.75. The lowest BCUT2D eigenvalue weighted by Crippen LogP contribution is -2.18. The number of aromatic nitrogens is 1. The Kier molecular flexibility index (Phi) is 4.49. The molecular weight excluding hydrogens is 318 g/mol. The standard InChI is InChI=1S/C15H18BrN3O/c1-10-6-15(18-8-13(10)17)19(2)9-11-7-12(16)4-5-14(11)20-3/h4-8H,9,17H2,1-3H3. The van der Waals surface area contributed by atoms with Crippen LogP contribution >= 0.6 is 15.9 Å². The first kappa shape index (κ1) is 14.7. The van der Waals surface area contributed by atoms with Crippen LogP contribution in [0.3, 0.4) is 0 Å². The molecule has 4 nitrogen and oxygen atoms in total. The number of nitrogens with two attached hydrogens (primary N) is 1. The highest BCUT2D eigenvalue weighted by Crippen LogP contribution is 2.26. The van der Waals surface area contributed by atoms with Crippen molar-refractivity contribution >= 4 is 27.4 Å². The number of pyridine rings is 1. The van der Waals surface area contributed by atoms with Gasteiger partial charge in [-0.15, -0.1) is 0 Å². The molecule has 0 fully saturated rings. The summed E-state index contributed by atoms with van der Waals surface area (Å²) in [7, 11) is 3.68. The minimum absolute atomic E-state index is 0.707. The number of nitrogen functional groups attached to an aromatic ring is 1. The summed E-state index contributed by atoms with van der Waals surface area (Å²) in [6.07, 6.45) is 1.69. The Morgan fingerprint density at radius 3 is 2.75 bits per heavy atom. The molecule has 0 aliphatic heterocycles. The van der Waals surface area contributed by atoms with Crippen LogP contribution in [0.15, 0.2) is 34.9 Å². The van der Waals surface area contributed by atoms with Gasteiger partial charge in [0.15, 0.2) is 0 Å². The van der Waals surface area contributed by atoms with E-state index in [0.717, 1.165) is 27.2 Å². The maximum atomic E-state index is 5.80. The predicted molar refractivity (Wildman–Crippen MR) is 86.2 cm³/mol. The average Bonchev–Trinajstić information content (AvgIpc) is 2.42. The smallest absolute Gasteiger partial charge is 0.128 e. The third-order valence-corrected chi connectivity index (χ3v) is 3.67. The van der Waals surface area contributed by atoms with Crippen molar-refractivity contribution in [3.8, 4) is 5.75 Å². The van der Waals surface area contributed by atoms with Crippen LogP contribution in [0.5, 0.6) is 5.75 Å². The van der Waals surface area contributed by atoms with E-state index in [1.165, 1.54) is 0 Å². The van der Waals surface area contributed by atoms with Crippen molar-refractivity contribution in [1.29, 1.82) is 0 Å². The third kappa shape index (κ3) is 3.22. The number of halogens is 1. The van der Waals surface area contributed by atoms with Gasteiger partial charge in [-0.25, -0.2) is 4.98 Å². The molecule has 20 heavy (non-hydrogen) atoms. The second kappa shape index (κ2) is 6.13. The molecule has 0 bridgehead atoms. The second-order valence-corrected chi connectivity index (χ2v) is 5.63. The zero-order valence-corrected chi connectivity index (χ0v) is 13.4. The second-order valence-electron chi connectivity index (χ2n) is 4.71. The molecule has 2 aromatic rings. The minimum Gasteiger partial charge on any atom is -0.496 e. The average molecular weight is 336 g/mol. The monoisotopic (exact) mass is 335 g/mol. The molecule has 0 amide bonds. The van der Waals surface area contributed by atoms with E-state index in [1.54, 1.807) is 13.3 Å². The molecule has 1 aromatic carbocycles. The fraction of sp³-hybridized carbons (Fsp3) is 0.267. The Bertz CT molecular complexity index is 616. The molecular formula is C15H18BrN3O. The Morgan fingerprint density at radius 1 is 1.35 bits per heavy atom. The van der Waals surface area contributed by atoms with E-state index in [2.05, 4.69) is 31.9 Å². The first-order valence-electron chi connectivity index (χ1n) is 6.27. The Labute approximate surface area is 127 Å². The molecule has 0 aliphatic rings. The molecule has 0 spiro atoms. The van der Waals surface area contributed by atoms with Gasteiger partial charge in [-0.05, 0) is 36.8 Å². The largest absolute Gasteiger partial charge is 0.496 e. The number of ether oxygens (including phenoxy) is 1. The zero-order valence-electron chi connectivity index (χ0n) is 11.9. The van der Waals surface area contributed by atoms with Gasteiger partial charge in [-0.3, -0.25) is 0 Å². The minimum atomic E-state index is 0.707. The lowest BCUT2D eigenvalue weighted by Gasteiger charge is -2.20. The van der Waals surface area contributed by atoms with Crippen LogP contribution in [0, 0.1) is 6.92 Å². The topological polar surface area (TPSA) is 51.4 Å². The first-order chi connectivity index (χ1) is 9.51. The SMILES string of the molecule is COc1ccc(Br)cc1CN(C)c1cc(C)c(N)cn1. The molecule has 5 heteroatoms. The molecule has 0 atom stereocenters. The third-order valence-electron chi connectivity index (χ3n) is 3.18. The van der Waals surface area contributed by atoms with Gasteiger partial charge in [-0.1, -0.05) is 15.9 Å². The molecule has 0 radical (unpaired) electrons. The van der Waals surface area contributed by atoms with Crippen molar-refractivity contribution in [1.82, 2.24) is 4.98 Å². The molecule has 1 aromatic heterocycles. The number of rotatable bonds is 4. The van der Waals surface area contributed by atoms with Gasteiger partial charge < -0.3 is 15.4 Å². The summed E-state index contributed by atoms with van der Waals surface area (Å²) in [6, 6.07) is 7.96. The number of methoxy groups -OCH3 is 1. The number of nitrogens with zero attached hydrogens (tertiary/aromatic N) is 2. The molecule has 0 saturated heterocycles. The fourth-order valence-corrected chi connectivity index (χ4v) is 2.38. The molecule has 0 aliphatic carbocycles. The first-order valence-corrected chi connectivity index (χ1v) is 7.06.